The van der Waals surface area contributed by atoms with E-state index >= 15 is 0 Å². The molecule has 1 aromatic carbocycles. The maximum absolute atomic E-state index is 13.2. The van der Waals surface area contributed by atoms with Gasteiger partial charge >= 0.3 is 0 Å². The molecule has 1 amide bonds. The van der Waals surface area contributed by atoms with Gasteiger partial charge in [0.1, 0.15) is 17.1 Å². The van der Waals surface area contributed by atoms with Crippen LogP contribution in [0, 0.1) is 12.7 Å². The van der Waals surface area contributed by atoms with Crippen LogP contribution in [0.3, 0.4) is 0 Å². The van der Waals surface area contributed by atoms with Crippen molar-refractivity contribution in [2.75, 3.05) is 5.75 Å². The van der Waals surface area contributed by atoms with Crippen molar-refractivity contribution in [3.63, 3.8) is 0 Å². The quantitative estimate of drug-likeness (QED) is 0.322. The van der Waals surface area contributed by atoms with E-state index in [9.17, 15) is 14.0 Å². The summed E-state index contributed by atoms with van der Waals surface area (Å²) in [7, 11) is 0. The van der Waals surface area contributed by atoms with E-state index in [0.717, 1.165) is 17.5 Å². The van der Waals surface area contributed by atoms with Crippen LogP contribution in [-0.2, 0) is 17.9 Å². The minimum atomic E-state index is -0.438. The summed E-state index contributed by atoms with van der Waals surface area (Å²) in [4.78, 5) is 33.0. The minimum absolute atomic E-state index is 0.0400. The summed E-state index contributed by atoms with van der Waals surface area (Å²) in [6.45, 7) is 2.21. The predicted molar refractivity (Wildman–Crippen MR) is 117 cm³/mol. The molecule has 0 spiro atoms. The van der Waals surface area contributed by atoms with E-state index in [1.54, 1.807) is 18.2 Å². The molecule has 0 aliphatic rings. The lowest BCUT2D eigenvalue weighted by molar-refractivity contribution is -0.118. The van der Waals surface area contributed by atoms with Gasteiger partial charge in [0.25, 0.3) is 5.56 Å². The zero-order valence-electron chi connectivity index (χ0n) is 16.4. The Morgan fingerprint density at radius 1 is 1.35 bits per heavy atom. The van der Waals surface area contributed by atoms with E-state index in [1.165, 1.54) is 29.0 Å². The molecule has 7 nitrogen and oxygen atoms in total. The number of aryl methyl sites for hydroxylation is 1. The Kier molecular flexibility index (Phi) is 6.15. The lowest BCUT2D eigenvalue weighted by Gasteiger charge is -2.11. The molecule has 160 valence electrons. The van der Waals surface area contributed by atoms with Crippen LogP contribution < -0.4 is 10.9 Å². The van der Waals surface area contributed by atoms with E-state index < -0.39 is 5.82 Å². The number of hydrogen-bond donors (Lipinski definition) is 2. The fourth-order valence-corrected chi connectivity index (χ4v) is 4.12. The number of nitrogens with zero attached hydrogens (tertiary/aromatic N) is 2. The van der Waals surface area contributed by atoms with Gasteiger partial charge in [-0.05, 0) is 42.8 Å². The van der Waals surface area contributed by atoms with Crippen LogP contribution in [0.25, 0.3) is 11.0 Å². The van der Waals surface area contributed by atoms with Gasteiger partial charge in [0.15, 0.2) is 5.16 Å². The highest BCUT2D eigenvalue weighted by atomic mass is 35.5. The summed E-state index contributed by atoms with van der Waals surface area (Å²) >= 11 is 7.14. The van der Waals surface area contributed by atoms with Crippen LogP contribution in [0.2, 0.25) is 5.02 Å². The Balaban J connectivity index is 1.51. The highest BCUT2D eigenvalue weighted by Gasteiger charge is 2.16. The van der Waals surface area contributed by atoms with Crippen LogP contribution in [-0.4, -0.2) is 26.2 Å². The van der Waals surface area contributed by atoms with E-state index in [4.69, 9.17) is 16.0 Å². The molecule has 0 bridgehead atoms. The lowest BCUT2D eigenvalue weighted by Crippen LogP contribution is -2.27. The first-order valence-corrected chi connectivity index (χ1v) is 10.7. The second-order valence-electron chi connectivity index (χ2n) is 6.88. The van der Waals surface area contributed by atoms with Crippen molar-refractivity contribution in [2.45, 2.75) is 25.2 Å². The molecular weight excluding hydrogens is 443 g/mol. The zero-order valence-corrected chi connectivity index (χ0v) is 18.0. The molecule has 3 aromatic heterocycles. The second-order valence-corrected chi connectivity index (χ2v) is 8.23. The van der Waals surface area contributed by atoms with Crippen LogP contribution in [0.4, 0.5) is 4.39 Å². The summed E-state index contributed by atoms with van der Waals surface area (Å²) in [5.41, 5.74) is 2.14. The first-order valence-electron chi connectivity index (χ1n) is 9.36. The summed E-state index contributed by atoms with van der Waals surface area (Å²) < 4.78 is 20.0. The number of benzene rings is 1. The number of fused-ring (bicyclic) bond motifs is 1. The van der Waals surface area contributed by atoms with E-state index in [0.29, 0.717) is 27.5 Å². The molecule has 0 aliphatic carbocycles. The van der Waals surface area contributed by atoms with E-state index in [-0.39, 0.29) is 35.3 Å². The highest BCUT2D eigenvalue weighted by molar-refractivity contribution is 7.99. The number of nitrogens with one attached hydrogen (secondary N) is 2. The van der Waals surface area contributed by atoms with Gasteiger partial charge in [-0.25, -0.2) is 9.37 Å². The molecule has 3 heterocycles. The number of thioether (sulfide) groups is 1. The van der Waals surface area contributed by atoms with Gasteiger partial charge in [0.2, 0.25) is 5.91 Å². The highest BCUT2D eigenvalue weighted by Crippen LogP contribution is 2.20. The van der Waals surface area contributed by atoms with Crippen molar-refractivity contribution in [3.05, 3.63) is 80.9 Å². The number of aromatic amines is 1. The number of hydrogen-bond acceptors (Lipinski definition) is 5. The summed E-state index contributed by atoms with van der Waals surface area (Å²) in [6.07, 6.45) is 1.53. The van der Waals surface area contributed by atoms with Crippen molar-refractivity contribution >= 4 is 40.3 Å². The third-order valence-corrected chi connectivity index (χ3v) is 5.88. The van der Waals surface area contributed by atoms with Crippen LogP contribution in [0.1, 0.15) is 17.0 Å². The SMILES string of the molecule is Cc1cc2nc(SCC(=O)NCc3ccc(F)cc3Cl)n(Cc3ccco3)c(=O)c2[nH]1. The average Bonchev–Trinajstić information content (AvgIpc) is 3.37. The summed E-state index contributed by atoms with van der Waals surface area (Å²) in [5, 5.41) is 3.39. The monoisotopic (exact) mass is 460 g/mol. The molecule has 0 unspecified atom stereocenters. The predicted octanol–water partition coefficient (Wildman–Crippen LogP) is 3.88. The number of H-pyrrole nitrogens is 1. The topological polar surface area (TPSA) is 92.9 Å². The fourth-order valence-electron chi connectivity index (χ4n) is 3.06. The largest absolute Gasteiger partial charge is 0.467 e. The Hall–Kier alpha value is -3.04. The normalized spacial score (nSPS) is 11.2. The van der Waals surface area contributed by atoms with Crippen molar-refractivity contribution in [2.24, 2.45) is 0 Å². The van der Waals surface area contributed by atoms with Gasteiger partial charge in [0, 0.05) is 17.3 Å². The maximum atomic E-state index is 13.2. The molecule has 0 radical (unpaired) electrons. The molecule has 31 heavy (non-hydrogen) atoms. The van der Waals surface area contributed by atoms with Gasteiger partial charge in [-0.1, -0.05) is 29.4 Å². The van der Waals surface area contributed by atoms with E-state index in [1.807, 2.05) is 6.92 Å². The maximum Gasteiger partial charge on any atom is 0.278 e. The third-order valence-electron chi connectivity index (χ3n) is 4.56. The molecule has 0 fully saturated rings. The smallest absolute Gasteiger partial charge is 0.278 e. The lowest BCUT2D eigenvalue weighted by atomic mass is 10.2. The van der Waals surface area contributed by atoms with Crippen molar-refractivity contribution in [1.29, 1.82) is 0 Å². The molecule has 10 heteroatoms. The third kappa shape index (κ3) is 4.83. The molecule has 4 aromatic rings. The molecule has 2 N–H and O–H groups in total. The fraction of sp³-hybridized carbons (Fsp3) is 0.190. The van der Waals surface area contributed by atoms with Crippen molar-refractivity contribution < 1.29 is 13.6 Å². The first-order chi connectivity index (χ1) is 14.9. The van der Waals surface area contributed by atoms with Crippen LogP contribution in [0.15, 0.2) is 57.0 Å². The minimum Gasteiger partial charge on any atom is -0.467 e. The molecule has 0 atom stereocenters. The van der Waals surface area contributed by atoms with E-state index in [2.05, 4.69) is 15.3 Å². The van der Waals surface area contributed by atoms with Crippen molar-refractivity contribution in [1.82, 2.24) is 19.9 Å². The first kappa shape index (κ1) is 21.2. The number of amides is 1. The van der Waals surface area contributed by atoms with Gasteiger partial charge in [-0.15, -0.1) is 0 Å². The standard InChI is InChI=1S/C21H18ClFN4O3S/c1-12-7-17-19(25-12)20(29)27(10-15-3-2-6-30-15)21(26-17)31-11-18(28)24-9-13-4-5-14(23)8-16(13)22/h2-8,25H,9-11H2,1H3,(H,24,28). The number of carbonyl (C=O) groups is 1. The Morgan fingerprint density at radius 2 is 2.19 bits per heavy atom. The van der Waals surface area contributed by atoms with Crippen LogP contribution in [0.5, 0.6) is 0 Å². The molecule has 0 saturated heterocycles. The summed E-state index contributed by atoms with van der Waals surface area (Å²) in [6, 6.07) is 9.30. The van der Waals surface area contributed by atoms with Crippen molar-refractivity contribution in [3.8, 4) is 0 Å². The molecular formula is C21H18ClFN4O3S. The molecule has 0 aliphatic heterocycles. The average molecular weight is 461 g/mol. The second kappa shape index (κ2) is 8.99. The Bertz CT molecular complexity index is 1300. The zero-order chi connectivity index (χ0) is 22.0. The van der Waals surface area contributed by atoms with Gasteiger partial charge in [-0.3, -0.25) is 14.2 Å². The van der Waals surface area contributed by atoms with Gasteiger partial charge in [-0.2, -0.15) is 0 Å². The number of aromatic nitrogens is 3. The van der Waals surface area contributed by atoms with Gasteiger partial charge in [0.05, 0.1) is 24.1 Å². The number of carbonyl (C=O) groups excluding carboxylic acids is 1. The number of rotatable bonds is 7. The molecule has 0 saturated carbocycles. The number of furan rings is 1. The molecule has 4 rings (SSSR count). The summed E-state index contributed by atoms with van der Waals surface area (Å²) in [5.74, 6) is -0.0665. The number of halogens is 2. The van der Waals surface area contributed by atoms with Crippen LogP contribution >= 0.6 is 23.4 Å². The Labute approximate surface area is 185 Å². The van der Waals surface area contributed by atoms with Gasteiger partial charge < -0.3 is 14.7 Å². The Morgan fingerprint density at radius 3 is 2.94 bits per heavy atom.